The van der Waals surface area contributed by atoms with Crippen LogP contribution in [0.15, 0.2) is 52.4 Å². The topological polar surface area (TPSA) is 51.8 Å². The van der Waals surface area contributed by atoms with Crippen molar-refractivity contribution in [2.75, 3.05) is 5.73 Å². The van der Waals surface area contributed by atoms with Crippen LogP contribution in [0.1, 0.15) is 0 Å². The van der Waals surface area contributed by atoms with Crippen LogP contribution < -0.4 is 5.73 Å². The summed E-state index contributed by atoms with van der Waals surface area (Å²) in [5.41, 5.74) is 8.31. The van der Waals surface area contributed by atoms with E-state index in [9.17, 15) is 0 Å². The zero-order valence-electron chi connectivity index (χ0n) is 9.88. The summed E-state index contributed by atoms with van der Waals surface area (Å²) in [6.45, 7) is 0. The Labute approximate surface area is 123 Å². The molecule has 0 spiro atoms. The normalized spacial score (nSPS) is 10.6. The highest BCUT2D eigenvalue weighted by atomic mass is 79.9. The van der Waals surface area contributed by atoms with Crippen molar-refractivity contribution >= 4 is 33.0 Å². The maximum atomic E-state index is 5.68. The summed E-state index contributed by atoms with van der Waals surface area (Å²) < 4.78 is 1.07. The van der Waals surface area contributed by atoms with Gasteiger partial charge in [-0.2, -0.15) is 0 Å². The summed E-state index contributed by atoms with van der Waals surface area (Å²) in [5, 5.41) is 2.04. The van der Waals surface area contributed by atoms with Crippen molar-refractivity contribution in [2.24, 2.45) is 0 Å². The van der Waals surface area contributed by atoms with Crippen LogP contribution in [0.3, 0.4) is 0 Å². The Morgan fingerprint density at radius 2 is 1.89 bits per heavy atom. The molecule has 0 unspecified atom stereocenters. The standard InChI is InChI=1S/C14H10BrN3S/c15-10-7-13(19-8-10)12-5-6-17-14(18-12)9-1-3-11(16)4-2-9/h1-8H,16H2. The molecule has 3 rings (SSSR count). The van der Waals surface area contributed by atoms with Gasteiger partial charge in [0.1, 0.15) is 0 Å². The SMILES string of the molecule is Nc1ccc(-c2nccc(-c3cc(Br)cs3)n2)cc1. The third-order valence-corrected chi connectivity index (χ3v) is 4.36. The third kappa shape index (κ3) is 2.67. The Kier molecular flexibility index (Phi) is 3.31. The molecule has 0 saturated carbocycles. The number of rotatable bonds is 2. The van der Waals surface area contributed by atoms with Crippen molar-refractivity contribution in [1.29, 1.82) is 0 Å². The third-order valence-electron chi connectivity index (χ3n) is 2.64. The van der Waals surface area contributed by atoms with Gasteiger partial charge < -0.3 is 5.73 Å². The predicted molar refractivity (Wildman–Crippen MR) is 82.9 cm³/mol. The van der Waals surface area contributed by atoms with E-state index in [1.807, 2.05) is 35.7 Å². The van der Waals surface area contributed by atoms with Crippen LogP contribution >= 0.6 is 27.3 Å². The first kappa shape index (κ1) is 12.3. The summed E-state index contributed by atoms with van der Waals surface area (Å²) >= 11 is 5.11. The molecule has 0 fully saturated rings. The highest BCUT2D eigenvalue weighted by Gasteiger charge is 2.06. The number of halogens is 1. The molecule has 0 saturated heterocycles. The number of benzene rings is 1. The van der Waals surface area contributed by atoms with Crippen LogP contribution in [0, 0.1) is 0 Å². The number of nitrogens with two attached hydrogens (primary N) is 1. The van der Waals surface area contributed by atoms with E-state index in [2.05, 4.69) is 32.0 Å². The summed E-state index contributed by atoms with van der Waals surface area (Å²) in [6, 6.07) is 11.5. The largest absolute Gasteiger partial charge is 0.399 e. The molecule has 0 atom stereocenters. The van der Waals surface area contributed by atoms with Crippen LogP contribution in [0.4, 0.5) is 5.69 Å². The van der Waals surface area contributed by atoms with E-state index in [4.69, 9.17) is 5.73 Å². The molecule has 3 nitrogen and oxygen atoms in total. The number of aromatic nitrogens is 2. The van der Waals surface area contributed by atoms with Crippen LogP contribution in [0.25, 0.3) is 22.0 Å². The van der Waals surface area contributed by atoms with Crippen LogP contribution in [-0.2, 0) is 0 Å². The van der Waals surface area contributed by atoms with Crippen LogP contribution in [-0.4, -0.2) is 9.97 Å². The molecule has 2 heterocycles. The van der Waals surface area contributed by atoms with E-state index in [1.165, 1.54) is 0 Å². The second-order valence-electron chi connectivity index (χ2n) is 4.02. The molecule has 2 N–H and O–H groups in total. The van der Waals surface area contributed by atoms with E-state index in [0.29, 0.717) is 5.82 Å². The van der Waals surface area contributed by atoms with Crippen LogP contribution in [0.2, 0.25) is 0 Å². The average Bonchev–Trinajstić information content (AvgIpc) is 2.86. The first-order chi connectivity index (χ1) is 9.22. The Bertz CT molecular complexity index is 707. The molecule has 0 amide bonds. The van der Waals surface area contributed by atoms with E-state index in [-0.39, 0.29) is 0 Å². The second kappa shape index (κ2) is 5.11. The summed E-state index contributed by atoms with van der Waals surface area (Å²) in [5.74, 6) is 0.710. The van der Waals surface area contributed by atoms with E-state index >= 15 is 0 Å². The van der Waals surface area contributed by atoms with E-state index < -0.39 is 0 Å². The number of thiophene rings is 1. The van der Waals surface area contributed by atoms with E-state index in [1.54, 1.807) is 17.5 Å². The summed E-state index contributed by atoms with van der Waals surface area (Å²) in [4.78, 5) is 10.0. The monoisotopic (exact) mass is 331 g/mol. The lowest BCUT2D eigenvalue weighted by atomic mass is 10.2. The minimum atomic E-state index is 0.710. The van der Waals surface area contributed by atoms with Gasteiger partial charge in [0.15, 0.2) is 5.82 Å². The van der Waals surface area contributed by atoms with Gasteiger partial charge in [0.25, 0.3) is 0 Å². The second-order valence-corrected chi connectivity index (χ2v) is 5.84. The molecule has 1 aromatic carbocycles. The minimum Gasteiger partial charge on any atom is -0.399 e. The number of hydrogen-bond acceptors (Lipinski definition) is 4. The van der Waals surface area contributed by atoms with Crippen molar-refractivity contribution < 1.29 is 0 Å². The fourth-order valence-corrected chi connectivity index (χ4v) is 3.11. The molecular weight excluding hydrogens is 322 g/mol. The quantitative estimate of drug-likeness (QED) is 0.715. The smallest absolute Gasteiger partial charge is 0.159 e. The van der Waals surface area contributed by atoms with Crippen molar-refractivity contribution in [1.82, 2.24) is 9.97 Å². The molecular formula is C14H10BrN3S. The van der Waals surface area contributed by atoms with Crippen molar-refractivity contribution in [2.45, 2.75) is 0 Å². The molecule has 0 aliphatic heterocycles. The summed E-state index contributed by atoms with van der Waals surface area (Å²) in [6.07, 6.45) is 1.78. The molecule has 5 heteroatoms. The highest BCUT2D eigenvalue weighted by molar-refractivity contribution is 9.10. The molecule has 3 aromatic rings. The highest BCUT2D eigenvalue weighted by Crippen LogP contribution is 2.29. The van der Waals surface area contributed by atoms with Gasteiger partial charge >= 0.3 is 0 Å². The first-order valence-corrected chi connectivity index (χ1v) is 7.33. The van der Waals surface area contributed by atoms with Gasteiger partial charge in [-0.15, -0.1) is 11.3 Å². The first-order valence-electron chi connectivity index (χ1n) is 5.66. The maximum absolute atomic E-state index is 5.68. The molecule has 0 aliphatic carbocycles. The molecule has 2 aromatic heterocycles. The molecule has 94 valence electrons. The predicted octanol–water partition coefficient (Wildman–Crippen LogP) is 4.22. The molecule has 0 aliphatic rings. The Balaban J connectivity index is 2.02. The number of hydrogen-bond donors (Lipinski definition) is 1. The lowest BCUT2D eigenvalue weighted by molar-refractivity contribution is 1.18. The molecule has 0 radical (unpaired) electrons. The Hall–Kier alpha value is -1.72. The van der Waals surface area contributed by atoms with Gasteiger partial charge in [-0.3, -0.25) is 0 Å². The lowest BCUT2D eigenvalue weighted by Crippen LogP contribution is -1.91. The minimum absolute atomic E-state index is 0.710. The maximum Gasteiger partial charge on any atom is 0.159 e. The van der Waals surface area contributed by atoms with Gasteiger partial charge in [-0.1, -0.05) is 0 Å². The molecule has 19 heavy (non-hydrogen) atoms. The van der Waals surface area contributed by atoms with Gasteiger partial charge in [0.05, 0.1) is 10.6 Å². The number of nitrogen functional groups attached to an aromatic ring is 1. The Morgan fingerprint density at radius 1 is 1.11 bits per heavy atom. The average molecular weight is 332 g/mol. The summed E-state index contributed by atoms with van der Waals surface area (Å²) in [7, 11) is 0. The Morgan fingerprint density at radius 3 is 2.58 bits per heavy atom. The van der Waals surface area contributed by atoms with Crippen LogP contribution in [0.5, 0.6) is 0 Å². The van der Waals surface area contributed by atoms with Crippen molar-refractivity contribution in [3.63, 3.8) is 0 Å². The fourth-order valence-electron chi connectivity index (χ4n) is 1.71. The van der Waals surface area contributed by atoms with Gasteiger partial charge in [-0.25, -0.2) is 9.97 Å². The number of nitrogens with zero attached hydrogens (tertiary/aromatic N) is 2. The van der Waals surface area contributed by atoms with E-state index in [0.717, 1.165) is 26.3 Å². The zero-order chi connectivity index (χ0) is 13.2. The number of anilines is 1. The fraction of sp³-hybridized carbons (Fsp3) is 0. The van der Waals surface area contributed by atoms with Crippen molar-refractivity contribution in [3.05, 3.63) is 52.4 Å². The van der Waals surface area contributed by atoms with Gasteiger partial charge in [-0.05, 0) is 52.3 Å². The lowest BCUT2D eigenvalue weighted by Gasteiger charge is -2.02. The zero-order valence-corrected chi connectivity index (χ0v) is 12.3. The van der Waals surface area contributed by atoms with Gasteiger partial charge in [0.2, 0.25) is 0 Å². The molecule has 0 bridgehead atoms. The van der Waals surface area contributed by atoms with Gasteiger partial charge in [0, 0.05) is 27.3 Å². The van der Waals surface area contributed by atoms with Crippen molar-refractivity contribution in [3.8, 4) is 22.0 Å².